The maximum absolute atomic E-state index is 12.7. The van der Waals surface area contributed by atoms with E-state index in [0.717, 1.165) is 16.5 Å². The van der Waals surface area contributed by atoms with Gasteiger partial charge >= 0.3 is 0 Å². The lowest BCUT2D eigenvalue weighted by Gasteiger charge is -2.35. The summed E-state index contributed by atoms with van der Waals surface area (Å²) < 4.78 is 5.63. The zero-order valence-electron chi connectivity index (χ0n) is 14.2. The number of nitrogens with zero attached hydrogens (tertiary/aromatic N) is 3. The minimum absolute atomic E-state index is 0.0746. The smallest absolute Gasteiger partial charge is 0.290 e. The van der Waals surface area contributed by atoms with Gasteiger partial charge in [-0.3, -0.25) is 9.59 Å². The quantitative estimate of drug-likeness (QED) is 0.836. The van der Waals surface area contributed by atoms with Crippen LogP contribution in [0.15, 0.2) is 33.9 Å². The van der Waals surface area contributed by atoms with Gasteiger partial charge in [0.25, 0.3) is 5.91 Å². The Kier molecular flexibility index (Phi) is 4.98. The minimum atomic E-state index is -0.493. The molecule has 1 aliphatic rings. The van der Waals surface area contributed by atoms with Crippen molar-refractivity contribution in [2.24, 2.45) is 5.73 Å². The zero-order valence-corrected chi connectivity index (χ0v) is 15.0. The number of carbonyl (C=O) groups is 2. The van der Waals surface area contributed by atoms with Gasteiger partial charge in [-0.15, -0.1) is 0 Å². The summed E-state index contributed by atoms with van der Waals surface area (Å²) >= 11 is 1.48. The predicted molar refractivity (Wildman–Crippen MR) is 96.1 cm³/mol. The van der Waals surface area contributed by atoms with E-state index in [4.69, 9.17) is 10.2 Å². The van der Waals surface area contributed by atoms with Gasteiger partial charge in [-0.05, 0) is 31.4 Å². The molecule has 2 amide bonds. The largest absolute Gasteiger partial charge is 0.444 e. The second-order valence-corrected chi connectivity index (χ2v) is 6.64. The SMILES string of the molecule is CSc1cc(C)c(C(=O)N2CCN(c3ccc(C(N)=O)cn3)CC2)o1. The zero-order chi connectivity index (χ0) is 18.0. The Bertz CT molecular complexity index is 780. The van der Waals surface area contributed by atoms with Crippen LogP contribution in [0.4, 0.5) is 5.82 Å². The molecule has 0 spiro atoms. The predicted octanol–water partition coefficient (Wildman–Crippen LogP) is 1.77. The van der Waals surface area contributed by atoms with Gasteiger partial charge in [0.2, 0.25) is 5.91 Å². The molecule has 2 N–H and O–H groups in total. The normalized spacial score (nSPS) is 14.6. The van der Waals surface area contributed by atoms with E-state index in [1.807, 2.05) is 19.2 Å². The fourth-order valence-corrected chi connectivity index (χ4v) is 3.23. The number of rotatable bonds is 4. The van der Waals surface area contributed by atoms with Crippen LogP contribution in [-0.2, 0) is 0 Å². The van der Waals surface area contributed by atoms with Crippen molar-refractivity contribution in [3.63, 3.8) is 0 Å². The molecular weight excluding hydrogens is 340 g/mol. The van der Waals surface area contributed by atoms with Gasteiger partial charge in [0.15, 0.2) is 10.9 Å². The molecule has 2 aromatic rings. The molecule has 8 heteroatoms. The highest BCUT2D eigenvalue weighted by molar-refractivity contribution is 7.98. The molecule has 0 saturated carbocycles. The lowest BCUT2D eigenvalue weighted by Crippen LogP contribution is -2.49. The monoisotopic (exact) mass is 360 g/mol. The molecule has 0 atom stereocenters. The summed E-state index contributed by atoms with van der Waals surface area (Å²) in [4.78, 5) is 31.9. The van der Waals surface area contributed by atoms with E-state index < -0.39 is 5.91 Å². The van der Waals surface area contributed by atoms with Crippen molar-refractivity contribution >= 4 is 29.4 Å². The van der Waals surface area contributed by atoms with Crippen molar-refractivity contribution in [3.05, 3.63) is 41.3 Å². The molecule has 3 rings (SSSR count). The summed E-state index contributed by atoms with van der Waals surface area (Å²) in [6.07, 6.45) is 3.40. The first-order chi connectivity index (χ1) is 12.0. The molecule has 0 aliphatic carbocycles. The summed E-state index contributed by atoms with van der Waals surface area (Å²) in [6.45, 7) is 4.41. The van der Waals surface area contributed by atoms with E-state index >= 15 is 0 Å². The van der Waals surface area contributed by atoms with Crippen LogP contribution in [0.2, 0.25) is 0 Å². The van der Waals surface area contributed by atoms with Crippen LogP contribution in [0.1, 0.15) is 26.5 Å². The third kappa shape index (κ3) is 3.63. The van der Waals surface area contributed by atoms with Crippen LogP contribution in [0.25, 0.3) is 0 Å². The number of pyridine rings is 1. The maximum atomic E-state index is 12.7. The molecule has 2 aromatic heterocycles. The maximum Gasteiger partial charge on any atom is 0.290 e. The van der Waals surface area contributed by atoms with Crippen LogP contribution in [0.3, 0.4) is 0 Å². The number of aryl methyl sites for hydroxylation is 1. The van der Waals surface area contributed by atoms with E-state index in [1.54, 1.807) is 17.0 Å². The van der Waals surface area contributed by atoms with Crippen molar-refractivity contribution < 1.29 is 14.0 Å². The molecule has 0 aromatic carbocycles. The van der Waals surface area contributed by atoms with Crippen molar-refractivity contribution in [2.45, 2.75) is 12.0 Å². The van der Waals surface area contributed by atoms with E-state index in [0.29, 0.717) is 37.5 Å². The summed E-state index contributed by atoms with van der Waals surface area (Å²) in [5.74, 6) is 0.625. The number of piperazine rings is 1. The number of furan rings is 1. The standard InChI is InChI=1S/C17H20N4O3S/c1-11-9-14(25-2)24-15(11)17(23)21-7-5-20(6-8-21)13-4-3-12(10-19-13)16(18)22/h3-4,9-10H,5-8H2,1-2H3,(H2,18,22). The van der Waals surface area contributed by atoms with Crippen LogP contribution in [0.5, 0.6) is 0 Å². The van der Waals surface area contributed by atoms with Gasteiger partial charge in [0, 0.05) is 37.9 Å². The number of anilines is 1. The number of aromatic nitrogens is 1. The topological polar surface area (TPSA) is 92.7 Å². The first-order valence-corrected chi connectivity index (χ1v) is 9.16. The molecule has 132 valence electrons. The number of amides is 2. The van der Waals surface area contributed by atoms with Crippen molar-refractivity contribution in [3.8, 4) is 0 Å². The van der Waals surface area contributed by atoms with E-state index in [9.17, 15) is 9.59 Å². The van der Waals surface area contributed by atoms with Crippen LogP contribution in [0, 0.1) is 6.92 Å². The van der Waals surface area contributed by atoms with Crippen LogP contribution < -0.4 is 10.6 Å². The van der Waals surface area contributed by atoms with Crippen LogP contribution in [-0.4, -0.2) is 54.1 Å². The van der Waals surface area contributed by atoms with Crippen molar-refractivity contribution in [1.29, 1.82) is 0 Å². The number of carbonyl (C=O) groups excluding carboxylic acids is 2. The van der Waals surface area contributed by atoms with Crippen molar-refractivity contribution in [2.75, 3.05) is 37.3 Å². The summed E-state index contributed by atoms with van der Waals surface area (Å²) in [5.41, 5.74) is 6.47. The lowest BCUT2D eigenvalue weighted by molar-refractivity contribution is 0.0707. The summed E-state index contributed by atoms with van der Waals surface area (Å²) in [5, 5.41) is 0.748. The molecule has 0 bridgehead atoms. The Balaban J connectivity index is 1.64. The third-order valence-corrected chi connectivity index (χ3v) is 4.82. The Labute approximate surface area is 150 Å². The molecule has 7 nitrogen and oxygen atoms in total. The highest BCUT2D eigenvalue weighted by Gasteiger charge is 2.26. The van der Waals surface area contributed by atoms with Gasteiger partial charge in [-0.1, -0.05) is 11.8 Å². The lowest BCUT2D eigenvalue weighted by atomic mass is 10.2. The molecule has 25 heavy (non-hydrogen) atoms. The van der Waals surface area contributed by atoms with Crippen molar-refractivity contribution in [1.82, 2.24) is 9.88 Å². The molecular formula is C17H20N4O3S. The molecule has 0 radical (unpaired) electrons. The molecule has 1 fully saturated rings. The Morgan fingerprint density at radius 3 is 2.48 bits per heavy atom. The summed E-state index contributed by atoms with van der Waals surface area (Å²) in [6, 6.07) is 5.33. The van der Waals surface area contributed by atoms with E-state index in [-0.39, 0.29) is 5.91 Å². The average Bonchev–Trinajstić information content (AvgIpc) is 3.02. The van der Waals surface area contributed by atoms with Gasteiger partial charge in [0.1, 0.15) is 5.82 Å². The number of hydrogen-bond donors (Lipinski definition) is 1. The number of thioether (sulfide) groups is 1. The Morgan fingerprint density at radius 2 is 1.96 bits per heavy atom. The van der Waals surface area contributed by atoms with Crippen LogP contribution >= 0.6 is 11.8 Å². The van der Waals surface area contributed by atoms with E-state index in [1.165, 1.54) is 18.0 Å². The average molecular weight is 360 g/mol. The van der Waals surface area contributed by atoms with Gasteiger partial charge in [-0.25, -0.2) is 4.98 Å². The molecule has 0 unspecified atom stereocenters. The summed E-state index contributed by atoms with van der Waals surface area (Å²) in [7, 11) is 0. The molecule has 1 saturated heterocycles. The fourth-order valence-electron chi connectivity index (χ4n) is 2.77. The number of nitrogens with two attached hydrogens (primary N) is 1. The minimum Gasteiger partial charge on any atom is -0.444 e. The Hall–Kier alpha value is -2.48. The highest BCUT2D eigenvalue weighted by atomic mass is 32.2. The van der Waals surface area contributed by atoms with Gasteiger partial charge < -0.3 is 20.0 Å². The van der Waals surface area contributed by atoms with Gasteiger partial charge in [0.05, 0.1) is 5.56 Å². The highest BCUT2D eigenvalue weighted by Crippen LogP contribution is 2.24. The second-order valence-electron chi connectivity index (χ2n) is 5.83. The van der Waals surface area contributed by atoms with E-state index in [2.05, 4.69) is 9.88 Å². The molecule has 3 heterocycles. The fraction of sp³-hybridized carbons (Fsp3) is 0.353. The number of primary amides is 1. The van der Waals surface area contributed by atoms with Gasteiger partial charge in [-0.2, -0.15) is 0 Å². The molecule has 1 aliphatic heterocycles. The Morgan fingerprint density at radius 1 is 1.24 bits per heavy atom. The third-order valence-electron chi connectivity index (χ3n) is 4.21. The number of hydrogen-bond acceptors (Lipinski definition) is 6. The first kappa shape index (κ1) is 17.3. The second kappa shape index (κ2) is 7.18. The first-order valence-electron chi connectivity index (χ1n) is 7.94.